The van der Waals surface area contributed by atoms with Crippen molar-refractivity contribution >= 4 is 34.4 Å². The van der Waals surface area contributed by atoms with Crippen LogP contribution < -0.4 is 19.9 Å². The number of imide groups is 1. The molecule has 0 radical (unpaired) electrons. The zero-order valence-corrected chi connectivity index (χ0v) is 20.1. The van der Waals surface area contributed by atoms with Gasteiger partial charge in [0.05, 0.1) is 17.4 Å². The van der Waals surface area contributed by atoms with Crippen LogP contribution in [0.3, 0.4) is 0 Å². The van der Waals surface area contributed by atoms with E-state index in [4.69, 9.17) is 4.74 Å². The number of hydrogen-bond acceptors (Lipinski definition) is 5. The van der Waals surface area contributed by atoms with Crippen LogP contribution in [0.5, 0.6) is 5.75 Å². The lowest BCUT2D eigenvalue weighted by Crippen LogP contribution is -2.32. The Labute approximate surface area is 200 Å². The first-order valence-corrected chi connectivity index (χ1v) is 11.3. The van der Waals surface area contributed by atoms with Crippen LogP contribution in [-0.4, -0.2) is 32.0 Å². The van der Waals surface area contributed by atoms with Gasteiger partial charge in [-0.05, 0) is 68.8 Å². The first-order valence-electron chi connectivity index (χ1n) is 11.3. The van der Waals surface area contributed by atoms with Crippen molar-refractivity contribution in [3.8, 4) is 5.75 Å². The van der Waals surface area contributed by atoms with Gasteiger partial charge in [0, 0.05) is 25.5 Å². The molecule has 3 aromatic carbocycles. The topological polar surface area (TPSA) is 61.9 Å². The molecule has 0 saturated heterocycles. The average Bonchev–Trinajstić information content (AvgIpc) is 3.04. The van der Waals surface area contributed by atoms with Crippen molar-refractivity contribution < 1.29 is 14.3 Å². The number of amides is 2. The highest BCUT2D eigenvalue weighted by Crippen LogP contribution is 2.35. The monoisotopic (exact) mass is 455 g/mol. The Balaban J connectivity index is 1.74. The van der Waals surface area contributed by atoms with Crippen LogP contribution in [0.4, 0.5) is 17.1 Å². The second kappa shape index (κ2) is 9.43. The Morgan fingerprint density at radius 2 is 1.56 bits per heavy atom. The lowest BCUT2D eigenvalue weighted by molar-refractivity contribution is -0.120. The van der Waals surface area contributed by atoms with Crippen LogP contribution >= 0.6 is 0 Å². The third-order valence-corrected chi connectivity index (χ3v) is 5.52. The van der Waals surface area contributed by atoms with E-state index in [0.717, 1.165) is 17.0 Å². The van der Waals surface area contributed by atoms with Gasteiger partial charge in [0.1, 0.15) is 11.4 Å². The predicted molar refractivity (Wildman–Crippen MR) is 137 cm³/mol. The molecule has 6 nitrogen and oxygen atoms in total. The van der Waals surface area contributed by atoms with Crippen LogP contribution in [0.1, 0.15) is 25.0 Å². The Hall–Kier alpha value is -4.06. The van der Waals surface area contributed by atoms with E-state index < -0.39 is 0 Å². The molecule has 174 valence electrons. The summed E-state index contributed by atoms with van der Waals surface area (Å²) >= 11 is 0. The van der Waals surface area contributed by atoms with E-state index in [-0.39, 0.29) is 23.6 Å². The molecule has 0 unspecified atom stereocenters. The van der Waals surface area contributed by atoms with Crippen molar-refractivity contribution in [1.29, 1.82) is 0 Å². The summed E-state index contributed by atoms with van der Waals surface area (Å²) in [6.45, 7) is 5.92. The standard InChI is InChI=1S/C28H29N3O3/c1-18(2)34-24-15-13-21(14-16-24)29-26-25(20-11-9-19(3)10-12-20)27(32)31(28(26)33)23-8-6-7-22(17-23)30(4)5/h6-18,29H,1-5H3. The highest BCUT2D eigenvalue weighted by atomic mass is 16.5. The van der Waals surface area contributed by atoms with Crippen molar-refractivity contribution in [2.24, 2.45) is 0 Å². The minimum absolute atomic E-state index is 0.0650. The Bertz CT molecular complexity index is 1240. The number of ether oxygens (including phenoxy) is 1. The molecule has 0 spiro atoms. The molecular formula is C28H29N3O3. The fraction of sp³-hybridized carbons (Fsp3) is 0.214. The van der Waals surface area contributed by atoms with E-state index >= 15 is 0 Å². The Kier molecular flexibility index (Phi) is 6.41. The summed E-state index contributed by atoms with van der Waals surface area (Å²) < 4.78 is 5.71. The molecule has 0 saturated carbocycles. The van der Waals surface area contributed by atoms with E-state index in [9.17, 15) is 9.59 Å². The van der Waals surface area contributed by atoms with Gasteiger partial charge in [0.15, 0.2) is 0 Å². The number of hydrogen-bond donors (Lipinski definition) is 1. The van der Waals surface area contributed by atoms with Crippen LogP contribution in [0.15, 0.2) is 78.5 Å². The van der Waals surface area contributed by atoms with Crippen molar-refractivity contribution in [2.75, 3.05) is 29.2 Å². The number of rotatable bonds is 7. The van der Waals surface area contributed by atoms with Gasteiger partial charge < -0.3 is 15.0 Å². The van der Waals surface area contributed by atoms with E-state index in [1.165, 1.54) is 4.90 Å². The van der Waals surface area contributed by atoms with Crippen molar-refractivity contribution in [3.05, 3.63) is 89.6 Å². The lowest BCUT2D eigenvalue weighted by Gasteiger charge is -2.19. The number of carbonyl (C=O) groups is 2. The van der Waals surface area contributed by atoms with E-state index in [1.54, 1.807) is 6.07 Å². The van der Waals surface area contributed by atoms with E-state index in [1.807, 2.05) is 106 Å². The molecule has 0 bridgehead atoms. The third-order valence-electron chi connectivity index (χ3n) is 5.52. The molecule has 34 heavy (non-hydrogen) atoms. The highest BCUT2D eigenvalue weighted by Gasteiger charge is 2.40. The smallest absolute Gasteiger partial charge is 0.282 e. The summed E-state index contributed by atoms with van der Waals surface area (Å²) in [6.07, 6.45) is 0.0650. The summed E-state index contributed by atoms with van der Waals surface area (Å²) in [5, 5.41) is 3.20. The largest absolute Gasteiger partial charge is 0.491 e. The van der Waals surface area contributed by atoms with Gasteiger partial charge in [-0.1, -0.05) is 35.9 Å². The number of carbonyl (C=O) groups excluding carboxylic acids is 2. The summed E-state index contributed by atoms with van der Waals surface area (Å²) in [4.78, 5) is 30.4. The maximum atomic E-state index is 13.6. The molecule has 1 aliphatic rings. The molecule has 4 rings (SSSR count). The third kappa shape index (κ3) is 4.66. The van der Waals surface area contributed by atoms with Gasteiger partial charge >= 0.3 is 0 Å². The average molecular weight is 456 g/mol. The molecule has 1 N–H and O–H groups in total. The van der Waals surface area contributed by atoms with Crippen LogP contribution in [0, 0.1) is 6.92 Å². The Morgan fingerprint density at radius 1 is 0.882 bits per heavy atom. The molecule has 0 aromatic heterocycles. The van der Waals surface area contributed by atoms with Gasteiger partial charge in [0.25, 0.3) is 11.8 Å². The van der Waals surface area contributed by atoms with E-state index in [0.29, 0.717) is 22.5 Å². The van der Waals surface area contributed by atoms with Crippen LogP contribution in [0.2, 0.25) is 0 Å². The molecule has 0 fully saturated rings. The van der Waals surface area contributed by atoms with Gasteiger partial charge in [-0.15, -0.1) is 0 Å². The zero-order chi connectivity index (χ0) is 24.4. The minimum atomic E-state index is -0.390. The Morgan fingerprint density at radius 3 is 2.18 bits per heavy atom. The second-order valence-electron chi connectivity index (χ2n) is 8.79. The van der Waals surface area contributed by atoms with E-state index in [2.05, 4.69) is 5.32 Å². The summed E-state index contributed by atoms with van der Waals surface area (Å²) in [7, 11) is 3.84. The molecule has 0 aliphatic carbocycles. The quantitative estimate of drug-likeness (QED) is 0.494. The van der Waals surface area contributed by atoms with Crippen LogP contribution in [-0.2, 0) is 9.59 Å². The molecule has 0 atom stereocenters. The minimum Gasteiger partial charge on any atom is -0.491 e. The van der Waals surface area contributed by atoms with Crippen molar-refractivity contribution in [1.82, 2.24) is 0 Å². The second-order valence-corrected chi connectivity index (χ2v) is 8.79. The number of anilines is 3. The normalized spacial score (nSPS) is 13.6. The lowest BCUT2D eigenvalue weighted by atomic mass is 10.0. The fourth-order valence-corrected chi connectivity index (χ4v) is 3.81. The SMILES string of the molecule is Cc1ccc(C2=C(Nc3ccc(OC(C)C)cc3)C(=O)N(c3cccc(N(C)C)c3)C2=O)cc1. The number of nitrogens with zero attached hydrogens (tertiary/aromatic N) is 2. The maximum Gasteiger partial charge on any atom is 0.282 e. The van der Waals surface area contributed by atoms with Crippen LogP contribution in [0.25, 0.3) is 5.57 Å². The zero-order valence-electron chi connectivity index (χ0n) is 20.1. The van der Waals surface area contributed by atoms with Crippen molar-refractivity contribution in [3.63, 3.8) is 0 Å². The number of benzene rings is 3. The molecule has 6 heteroatoms. The van der Waals surface area contributed by atoms with Gasteiger partial charge in [-0.2, -0.15) is 0 Å². The summed E-state index contributed by atoms with van der Waals surface area (Å²) in [5.74, 6) is -0.00440. The molecule has 3 aromatic rings. The van der Waals surface area contributed by atoms with Crippen molar-refractivity contribution in [2.45, 2.75) is 26.9 Å². The first kappa shape index (κ1) is 23.1. The molecule has 1 heterocycles. The van der Waals surface area contributed by atoms with Gasteiger partial charge in [0.2, 0.25) is 0 Å². The van der Waals surface area contributed by atoms with Gasteiger partial charge in [-0.3, -0.25) is 9.59 Å². The van der Waals surface area contributed by atoms with Gasteiger partial charge in [-0.25, -0.2) is 4.90 Å². The first-order chi connectivity index (χ1) is 16.2. The number of aryl methyl sites for hydroxylation is 1. The summed E-state index contributed by atoms with van der Waals surface area (Å²) in [5.41, 5.74) is 4.50. The maximum absolute atomic E-state index is 13.6. The summed E-state index contributed by atoms with van der Waals surface area (Å²) in [6, 6.07) is 22.4. The predicted octanol–water partition coefficient (Wildman–Crippen LogP) is 5.24. The highest BCUT2D eigenvalue weighted by molar-refractivity contribution is 6.46. The fourth-order valence-electron chi connectivity index (χ4n) is 3.81. The number of nitrogens with one attached hydrogen (secondary N) is 1. The molecule has 2 amide bonds. The molecule has 1 aliphatic heterocycles. The molecular weight excluding hydrogens is 426 g/mol.